The molecule has 70 valence electrons. The van der Waals surface area contributed by atoms with Crippen LogP contribution in [0.2, 0.25) is 0 Å². The lowest BCUT2D eigenvalue weighted by Crippen LogP contribution is -2.47. The van der Waals surface area contributed by atoms with Crippen LogP contribution in [0.1, 0.15) is 19.8 Å². The van der Waals surface area contributed by atoms with E-state index in [1.54, 1.807) is 4.90 Å². The van der Waals surface area contributed by atoms with E-state index in [0.717, 1.165) is 12.8 Å². The fourth-order valence-electron chi connectivity index (χ4n) is 1.46. The van der Waals surface area contributed by atoms with Gasteiger partial charge in [0.15, 0.2) is 0 Å². The van der Waals surface area contributed by atoms with Crippen LogP contribution < -0.4 is 0 Å². The van der Waals surface area contributed by atoms with Crippen molar-refractivity contribution in [2.45, 2.75) is 31.9 Å². The summed E-state index contributed by atoms with van der Waals surface area (Å²) < 4.78 is 4.58. The summed E-state index contributed by atoms with van der Waals surface area (Å²) in [5, 5.41) is 9.29. The van der Waals surface area contributed by atoms with Crippen LogP contribution in [0.3, 0.4) is 0 Å². The van der Waals surface area contributed by atoms with Gasteiger partial charge in [0.1, 0.15) is 0 Å². The smallest absolute Gasteiger partial charge is 0.409 e. The fourth-order valence-corrected chi connectivity index (χ4v) is 1.46. The Morgan fingerprint density at radius 2 is 2.25 bits per heavy atom. The predicted molar refractivity (Wildman–Crippen MR) is 43.8 cm³/mol. The van der Waals surface area contributed by atoms with Crippen molar-refractivity contribution in [3.63, 3.8) is 0 Å². The van der Waals surface area contributed by atoms with Crippen LogP contribution in [0.25, 0.3) is 0 Å². The summed E-state index contributed by atoms with van der Waals surface area (Å²) in [5.41, 5.74) is 0. The van der Waals surface area contributed by atoms with Gasteiger partial charge >= 0.3 is 6.09 Å². The lowest BCUT2D eigenvalue weighted by molar-refractivity contribution is 0.0350. The number of nitrogens with zero attached hydrogens (tertiary/aromatic N) is 1. The second-order valence-corrected chi connectivity index (χ2v) is 3.20. The van der Waals surface area contributed by atoms with E-state index in [1.165, 1.54) is 7.11 Å². The Balaban J connectivity index is 2.54. The normalized spacial score (nSPS) is 30.1. The summed E-state index contributed by atoms with van der Waals surface area (Å²) in [5.74, 6) is 0. The molecule has 0 aromatic rings. The summed E-state index contributed by atoms with van der Waals surface area (Å²) in [6, 6.07) is 0.181. The monoisotopic (exact) mass is 173 g/mol. The quantitative estimate of drug-likeness (QED) is 0.583. The van der Waals surface area contributed by atoms with Gasteiger partial charge in [-0.05, 0) is 19.8 Å². The number of amides is 1. The topological polar surface area (TPSA) is 49.8 Å². The molecule has 0 aliphatic carbocycles. The minimum atomic E-state index is -0.389. The lowest BCUT2D eigenvalue weighted by atomic mass is 10.0. The van der Waals surface area contributed by atoms with E-state index in [-0.39, 0.29) is 18.2 Å². The van der Waals surface area contributed by atoms with Gasteiger partial charge in [0, 0.05) is 6.04 Å². The Kier molecular flexibility index (Phi) is 2.92. The molecule has 1 fully saturated rings. The Hall–Kier alpha value is -0.770. The average Bonchev–Trinajstić information content (AvgIpc) is 2.08. The van der Waals surface area contributed by atoms with Gasteiger partial charge in [-0.3, -0.25) is 0 Å². The van der Waals surface area contributed by atoms with Crippen LogP contribution in [0.4, 0.5) is 4.79 Å². The third-order valence-corrected chi connectivity index (χ3v) is 2.27. The van der Waals surface area contributed by atoms with Gasteiger partial charge < -0.3 is 14.7 Å². The van der Waals surface area contributed by atoms with Gasteiger partial charge in [-0.15, -0.1) is 0 Å². The van der Waals surface area contributed by atoms with Crippen molar-refractivity contribution in [2.75, 3.05) is 13.7 Å². The molecule has 1 N–H and O–H groups in total. The highest BCUT2D eigenvalue weighted by Gasteiger charge is 2.28. The number of carbonyl (C=O) groups is 1. The van der Waals surface area contributed by atoms with Gasteiger partial charge in [0.05, 0.1) is 19.8 Å². The van der Waals surface area contributed by atoms with Crippen LogP contribution in [0.5, 0.6) is 0 Å². The van der Waals surface area contributed by atoms with E-state index >= 15 is 0 Å². The molecule has 1 aliphatic heterocycles. The Morgan fingerprint density at radius 3 is 2.83 bits per heavy atom. The zero-order valence-corrected chi connectivity index (χ0v) is 7.49. The number of ether oxygens (including phenoxy) is 1. The molecule has 4 heteroatoms. The van der Waals surface area contributed by atoms with Crippen LogP contribution in [-0.4, -0.2) is 41.9 Å². The molecule has 0 aromatic heterocycles. The molecule has 1 heterocycles. The fraction of sp³-hybridized carbons (Fsp3) is 0.875. The highest BCUT2D eigenvalue weighted by Crippen LogP contribution is 2.17. The molecule has 4 nitrogen and oxygen atoms in total. The predicted octanol–water partition coefficient (Wildman–Crippen LogP) is 0.598. The molecule has 12 heavy (non-hydrogen) atoms. The first kappa shape index (κ1) is 9.32. The summed E-state index contributed by atoms with van der Waals surface area (Å²) in [4.78, 5) is 12.7. The number of hydrogen-bond acceptors (Lipinski definition) is 3. The molecule has 0 unspecified atom stereocenters. The van der Waals surface area contributed by atoms with Crippen molar-refractivity contribution in [1.29, 1.82) is 0 Å². The summed E-state index contributed by atoms with van der Waals surface area (Å²) in [6.07, 6.45) is 0.881. The largest absolute Gasteiger partial charge is 0.453 e. The summed E-state index contributed by atoms with van der Waals surface area (Å²) >= 11 is 0. The first-order chi connectivity index (χ1) is 5.65. The molecule has 1 saturated heterocycles. The molecule has 0 spiro atoms. The number of rotatable bonds is 0. The highest BCUT2D eigenvalue weighted by atomic mass is 16.5. The van der Waals surface area contributed by atoms with Crippen LogP contribution >= 0.6 is 0 Å². The van der Waals surface area contributed by atoms with Crippen molar-refractivity contribution >= 4 is 6.09 Å². The van der Waals surface area contributed by atoms with Gasteiger partial charge in [0.25, 0.3) is 0 Å². The average molecular weight is 173 g/mol. The van der Waals surface area contributed by atoms with Crippen LogP contribution in [-0.2, 0) is 4.74 Å². The van der Waals surface area contributed by atoms with E-state index in [2.05, 4.69) is 4.74 Å². The number of carbonyl (C=O) groups excluding carboxylic acids is 1. The van der Waals surface area contributed by atoms with Gasteiger partial charge in [-0.25, -0.2) is 4.79 Å². The zero-order valence-electron chi connectivity index (χ0n) is 7.49. The first-order valence-electron chi connectivity index (χ1n) is 4.17. The van der Waals surface area contributed by atoms with E-state index in [4.69, 9.17) is 0 Å². The van der Waals surface area contributed by atoms with Gasteiger partial charge in [-0.2, -0.15) is 0 Å². The molecule has 1 rings (SSSR count). The standard InChI is InChI=1S/C8H15NO3/c1-6-3-4-7(10)5-9(6)8(11)12-2/h6-7,10H,3-5H2,1-2H3/t6-,7+/m1/s1. The van der Waals surface area contributed by atoms with Crippen LogP contribution in [0.15, 0.2) is 0 Å². The van der Waals surface area contributed by atoms with E-state index in [0.29, 0.717) is 6.54 Å². The Bertz CT molecular complexity index is 172. The zero-order chi connectivity index (χ0) is 9.14. The van der Waals surface area contributed by atoms with Crippen molar-refractivity contribution in [1.82, 2.24) is 4.90 Å². The highest BCUT2D eigenvalue weighted by molar-refractivity contribution is 5.67. The van der Waals surface area contributed by atoms with Crippen molar-refractivity contribution < 1.29 is 14.6 Å². The maximum Gasteiger partial charge on any atom is 0.409 e. The van der Waals surface area contributed by atoms with Crippen molar-refractivity contribution in [3.05, 3.63) is 0 Å². The third kappa shape index (κ3) is 1.88. The molecule has 0 bridgehead atoms. The maximum absolute atomic E-state index is 11.1. The van der Waals surface area contributed by atoms with Crippen molar-refractivity contribution in [2.24, 2.45) is 0 Å². The van der Waals surface area contributed by atoms with Crippen molar-refractivity contribution in [3.8, 4) is 0 Å². The molecule has 0 radical (unpaired) electrons. The minimum Gasteiger partial charge on any atom is -0.453 e. The number of β-amino-alcohol motifs (C(OH)–C–C–N with tert-alkyl or cyclic N) is 1. The Labute approximate surface area is 72.1 Å². The minimum absolute atomic E-state index is 0.181. The second-order valence-electron chi connectivity index (χ2n) is 3.20. The lowest BCUT2D eigenvalue weighted by Gasteiger charge is -2.34. The maximum atomic E-state index is 11.1. The van der Waals surface area contributed by atoms with E-state index in [1.807, 2.05) is 6.92 Å². The third-order valence-electron chi connectivity index (χ3n) is 2.27. The molecular weight excluding hydrogens is 158 g/mol. The molecule has 1 amide bonds. The SMILES string of the molecule is COC(=O)N1C[C@@H](O)CC[C@H]1C. The molecule has 0 aromatic carbocycles. The number of methoxy groups -OCH3 is 1. The molecule has 1 aliphatic rings. The van der Waals surface area contributed by atoms with Gasteiger partial charge in [0.2, 0.25) is 0 Å². The first-order valence-corrected chi connectivity index (χ1v) is 4.17. The summed E-state index contributed by atoms with van der Waals surface area (Å²) in [6.45, 7) is 2.36. The number of likely N-dealkylation sites (tertiary alicyclic amines) is 1. The number of hydrogen-bond donors (Lipinski definition) is 1. The second kappa shape index (κ2) is 3.76. The van der Waals surface area contributed by atoms with E-state index in [9.17, 15) is 9.90 Å². The van der Waals surface area contributed by atoms with Gasteiger partial charge in [-0.1, -0.05) is 0 Å². The Morgan fingerprint density at radius 1 is 1.58 bits per heavy atom. The number of aliphatic hydroxyl groups is 1. The number of aliphatic hydroxyl groups excluding tert-OH is 1. The molecule has 0 saturated carbocycles. The molecule has 2 atom stereocenters. The number of piperidine rings is 1. The van der Waals surface area contributed by atoms with E-state index < -0.39 is 0 Å². The van der Waals surface area contributed by atoms with Crippen LogP contribution in [0, 0.1) is 0 Å². The molecular formula is C8H15NO3. The summed E-state index contributed by atoms with van der Waals surface area (Å²) in [7, 11) is 1.36.